The van der Waals surface area contributed by atoms with Gasteiger partial charge in [0, 0.05) is 17.3 Å². The first-order chi connectivity index (χ1) is 5.27. The molecule has 1 rings (SSSR count). The van der Waals surface area contributed by atoms with Crippen LogP contribution in [0.25, 0.3) is 0 Å². The van der Waals surface area contributed by atoms with Gasteiger partial charge >= 0.3 is 5.88 Å². The molecule has 0 unspecified atom stereocenters. The van der Waals surface area contributed by atoms with E-state index in [0.717, 1.165) is 10.3 Å². The molecule has 11 heavy (non-hydrogen) atoms. The normalized spacial score (nSPS) is 9.64. The van der Waals surface area contributed by atoms with Gasteiger partial charge in [-0.3, -0.25) is 5.21 Å². The van der Waals surface area contributed by atoms with Gasteiger partial charge in [-0.05, 0) is 5.56 Å². The van der Waals surface area contributed by atoms with Crippen LogP contribution in [0.4, 0.5) is 0 Å². The van der Waals surface area contributed by atoms with Gasteiger partial charge in [0.05, 0.1) is 13.2 Å². The number of hydrogen-bond donors (Lipinski definition) is 2. The molecule has 0 spiro atoms. The Morgan fingerprint density at radius 2 is 2.45 bits per heavy atom. The average Bonchev–Trinajstić information content (AvgIpc) is 2.05. The van der Waals surface area contributed by atoms with Gasteiger partial charge in [0.25, 0.3) is 0 Å². The highest BCUT2D eigenvalue weighted by Gasteiger charge is 2.09. The summed E-state index contributed by atoms with van der Waals surface area (Å²) >= 11 is 0. The van der Waals surface area contributed by atoms with Crippen LogP contribution in [0.15, 0.2) is 18.3 Å². The van der Waals surface area contributed by atoms with Gasteiger partial charge in [0.15, 0.2) is 0 Å². The molecule has 0 aliphatic rings. The molecule has 60 valence electrons. The minimum atomic E-state index is 0.382. The fraction of sp³-hybridized carbons (Fsp3) is 0.286. The van der Waals surface area contributed by atoms with Crippen molar-refractivity contribution in [1.29, 1.82) is 0 Å². The fourth-order valence-corrected chi connectivity index (χ4v) is 0.792. The van der Waals surface area contributed by atoms with E-state index in [4.69, 9.17) is 15.7 Å². The van der Waals surface area contributed by atoms with E-state index < -0.39 is 0 Å². The predicted octanol–water partition coefficient (Wildman–Crippen LogP) is -0.321. The van der Waals surface area contributed by atoms with E-state index >= 15 is 0 Å². The Bertz CT molecular complexity index is 250. The van der Waals surface area contributed by atoms with E-state index in [2.05, 4.69) is 0 Å². The molecule has 3 N–H and O–H groups in total. The van der Waals surface area contributed by atoms with Crippen molar-refractivity contribution in [3.05, 3.63) is 23.9 Å². The predicted molar refractivity (Wildman–Crippen MR) is 38.3 cm³/mol. The zero-order valence-electron chi connectivity index (χ0n) is 6.32. The van der Waals surface area contributed by atoms with Crippen molar-refractivity contribution in [2.24, 2.45) is 5.73 Å². The van der Waals surface area contributed by atoms with E-state index in [0.29, 0.717) is 12.4 Å². The van der Waals surface area contributed by atoms with Crippen LogP contribution in [0.5, 0.6) is 5.88 Å². The highest BCUT2D eigenvalue weighted by molar-refractivity contribution is 5.15. The van der Waals surface area contributed by atoms with Gasteiger partial charge in [-0.25, -0.2) is 0 Å². The lowest BCUT2D eigenvalue weighted by Crippen LogP contribution is -2.31. The van der Waals surface area contributed by atoms with Crippen molar-refractivity contribution in [2.45, 2.75) is 6.54 Å². The second-order valence-electron chi connectivity index (χ2n) is 2.13. The maximum atomic E-state index is 9.08. The molecule has 1 heterocycles. The van der Waals surface area contributed by atoms with Crippen molar-refractivity contribution in [2.75, 3.05) is 7.11 Å². The van der Waals surface area contributed by atoms with Gasteiger partial charge in [0.2, 0.25) is 6.20 Å². The third-order valence-corrected chi connectivity index (χ3v) is 1.41. The molecule has 0 saturated carbocycles. The monoisotopic (exact) mass is 155 g/mol. The highest BCUT2D eigenvalue weighted by Crippen LogP contribution is 2.04. The third-order valence-electron chi connectivity index (χ3n) is 1.41. The summed E-state index contributed by atoms with van der Waals surface area (Å²) in [4.78, 5) is 0. The minimum Gasteiger partial charge on any atom is -0.445 e. The molecular weight excluding hydrogens is 144 g/mol. The topological polar surface area (TPSA) is 59.4 Å². The van der Waals surface area contributed by atoms with Crippen LogP contribution in [0, 0.1) is 0 Å². The third kappa shape index (κ3) is 1.59. The molecule has 0 fully saturated rings. The van der Waals surface area contributed by atoms with Crippen molar-refractivity contribution < 1.29 is 14.7 Å². The molecule has 1 aromatic heterocycles. The standard InChI is InChI=1S/C7H11N2O2/c1-11-7-4-6(5-8)2-3-9(7)10/h2-4,10H,5,8H2,1H3/q+1. The maximum Gasteiger partial charge on any atom is 0.416 e. The van der Waals surface area contributed by atoms with Gasteiger partial charge in [-0.1, -0.05) is 0 Å². The maximum absolute atomic E-state index is 9.08. The molecule has 0 atom stereocenters. The first kappa shape index (κ1) is 7.81. The van der Waals surface area contributed by atoms with Gasteiger partial charge in [-0.15, -0.1) is 0 Å². The Labute approximate surface area is 64.8 Å². The lowest BCUT2D eigenvalue weighted by Gasteiger charge is -1.96. The van der Waals surface area contributed by atoms with Crippen LogP contribution in [0.1, 0.15) is 5.56 Å². The molecule has 4 nitrogen and oxygen atoms in total. The fourth-order valence-electron chi connectivity index (χ4n) is 0.792. The lowest BCUT2D eigenvalue weighted by atomic mass is 10.3. The molecule has 1 aromatic rings. The molecule has 0 amide bonds. The van der Waals surface area contributed by atoms with Crippen molar-refractivity contribution in [3.8, 4) is 5.88 Å². The molecule has 0 aliphatic heterocycles. The molecule has 0 aromatic carbocycles. The number of nitrogens with two attached hydrogens (primary N) is 1. The van der Waals surface area contributed by atoms with Crippen LogP contribution < -0.4 is 15.2 Å². The van der Waals surface area contributed by atoms with E-state index in [1.54, 1.807) is 12.1 Å². The summed E-state index contributed by atoms with van der Waals surface area (Å²) in [5.74, 6) is 0.382. The number of hydrogen-bond acceptors (Lipinski definition) is 3. The van der Waals surface area contributed by atoms with Crippen LogP contribution >= 0.6 is 0 Å². The average molecular weight is 155 g/mol. The van der Waals surface area contributed by atoms with Crippen molar-refractivity contribution in [3.63, 3.8) is 0 Å². The summed E-state index contributed by atoms with van der Waals surface area (Å²) in [7, 11) is 1.49. The van der Waals surface area contributed by atoms with Crippen LogP contribution in [0.2, 0.25) is 0 Å². The molecule has 0 aliphatic carbocycles. The van der Waals surface area contributed by atoms with Crippen molar-refractivity contribution in [1.82, 2.24) is 0 Å². The zero-order valence-corrected chi connectivity index (χ0v) is 6.32. The number of pyridine rings is 1. The Morgan fingerprint density at radius 3 is 3.00 bits per heavy atom. The Balaban J connectivity index is 3.02. The number of methoxy groups -OCH3 is 1. The van der Waals surface area contributed by atoms with E-state index in [9.17, 15) is 0 Å². The van der Waals surface area contributed by atoms with Crippen LogP contribution in [-0.2, 0) is 6.54 Å². The number of ether oxygens (including phenoxy) is 1. The summed E-state index contributed by atoms with van der Waals surface area (Å²) in [5.41, 5.74) is 6.30. The van der Waals surface area contributed by atoms with Gasteiger partial charge in [-0.2, -0.15) is 0 Å². The van der Waals surface area contributed by atoms with Crippen molar-refractivity contribution >= 4 is 0 Å². The first-order valence-corrected chi connectivity index (χ1v) is 3.26. The number of rotatable bonds is 2. The molecule has 4 heteroatoms. The van der Waals surface area contributed by atoms with Crippen LogP contribution in [-0.4, -0.2) is 12.3 Å². The largest absolute Gasteiger partial charge is 0.445 e. The highest BCUT2D eigenvalue weighted by atomic mass is 16.5. The zero-order chi connectivity index (χ0) is 8.27. The molecule has 0 radical (unpaired) electrons. The first-order valence-electron chi connectivity index (χ1n) is 3.26. The molecule has 0 saturated heterocycles. The minimum absolute atomic E-state index is 0.382. The second-order valence-corrected chi connectivity index (χ2v) is 2.13. The van der Waals surface area contributed by atoms with E-state index in [-0.39, 0.29) is 0 Å². The quantitative estimate of drug-likeness (QED) is 0.454. The van der Waals surface area contributed by atoms with Gasteiger partial charge < -0.3 is 10.5 Å². The summed E-state index contributed by atoms with van der Waals surface area (Å²) in [5, 5.41) is 9.08. The summed E-state index contributed by atoms with van der Waals surface area (Å²) in [6, 6.07) is 3.41. The summed E-state index contributed by atoms with van der Waals surface area (Å²) < 4.78 is 5.75. The van der Waals surface area contributed by atoms with E-state index in [1.807, 2.05) is 0 Å². The summed E-state index contributed by atoms with van der Waals surface area (Å²) in [6.45, 7) is 0.442. The number of aromatic nitrogens is 1. The molecular formula is C7H11N2O2+. The Kier molecular flexibility index (Phi) is 2.28. The SMILES string of the molecule is COc1cc(CN)cc[n+]1O. The summed E-state index contributed by atoms with van der Waals surface area (Å²) in [6.07, 6.45) is 1.49. The Hall–Kier alpha value is -1.29. The number of nitrogens with zero attached hydrogens (tertiary/aromatic N) is 1. The molecule has 0 bridgehead atoms. The van der Waals surface area contributed by atoms with E-state index in [1.165, 1.54) is 13.3 Å². The smallest absolute Gasteiger partial charge is 0.416 e. The lowest BCUT2D eigenvalue weighted by molar-refractivity contribution is -0.906. The second kappa shape index (κ2) is 3.21. The van der Waals surface area contributed by atoms with Gasteiger partial charge in [0.1, 0.15) is 0 Å². The van der Waals surface area contributed by atoms with Crippen LogP contribution in [0.3, 0.4) is 0 Å². The Morgan fingerprint density at radius 1 is 1.73 bits per heavy atom.